The van der Waals surface area contributed by atoms with Crippen LogP contribution in [0, 0.1) is 22.7 Å². The van der Waals surface area contributed by atoms with E-state index < -0.39 is 11.7 Å². The molecule has 4 fully saturated rings. The lowest BCUT2D eigenvalue weighted by molar-refractivity contribution is -0.255. The smallest absolute Gasteiger partial charge is 0.165 e. The van der Waals surface area contributed by atoms with Gasteiger partial charge in [0.15, 0.2) is 12.1 Å². The first-order valence-corrected chi connectivity index (χ1v) is 10.8. The number of hydrogen-bond acceptors (Lipinski definition) is 5. The molecule has 0 aromatic carbocycles. The fraction of sp³-hybridized carbons (Fsp3) is 0.955. The third-order valence-electron chi connectivity index (χ3n) is 8.46. The summed E-state index contributed by atoms with van der Waals surface area (Å²) in [5.74, 6) is -0.337. The summed E-state index contributed by atoms with van der Waals surface area (Å²) < 4.78 is 18.6. The first kappa shape index (κ1) is 19.8. The SMILES string of the molecule is CCO[C@H]1C[C@]2(CC[C@@]3(O2)[C@H](C)[C@@H](O)C(=O)[C@H]2C(C)(C)CCC[C@@]23C)CO1. The number of aliphatic hydroxyl groups is 1. The van der Waals surface area contributed by atoms with E-state index in [0.29, 0.717) is 13.2 Å². The van der Waals surface area contributed by atoms with Gasteiger partial charge in [-0.1, -0.05) is 34.1 Å². The van der Waals surface area contributed by atoms with Crippen LogP contribution in [0.15, 0.2) is 0 Å². The van der Waals surface area contributed by atoms with Crippen LogP contribution < -0.4 is 0 Å². The molecule has 0 unspecified atom stereocenters. The van der Waals surface area contributed by atoms with Crippen LogP contribution in [0.1, 0.15) is 73.1 Å². The molecule has 0 bridgehead atoms. The Hall–Kier alpha value is -0.490. The Labute approximate surface area is 163 Å². The summed E-state index contributed by atoms with van der Waals surface area (Å²) in [5.41, 5.74) is -1.19. The van der Waals surface area contributed by atoms with E-state index in [9.17, 15) is 9.90 Å². The molecule has 0 aromatic heterocycles. The maximum atomic E-state index is 13.2. The van der Waals surface area contributed by atoms with Gasteiger partial charge in [-0.25, -0.2) is 0 Å². The molecular weight excluding hydrogens is 344 g/mol. The maximum absolute atomic E-state index is 13.2. The lowest BCUT2D eigenvalue weighted by Gasteiger charge is -2.63. The molecule has 27 heavy (non-hydrogen) atoms. The topological polar surface area (TPSA) is 65.0 Å². The van der Waals surface area contributed by atoms with Crippen LogP contribution in [0.4, 0.5) is 0 Å². The largest absolute Gasteiger partial charge is 0.385 e. The van der Waals surface area contributed by atoms with Gasteiger partial charge >= 0.3 is 0 Å². The van der Waals surface area contributed by atoms with Gasteiger partial charge in [0.05, 0.1) is 17.8 Å². The van der Waals surface area contributed by atoms with E-state index in [1.807, 2.05) is 13.8 Å². The van der Waals surface area contributed by atoms with E-state index in [0.717, 1.165) is 38.5 Å². The summed E-state index contributed by atoms with van der Waals surface area (Å²) in [7, 11) is 0. The Bertz CT molecular complexity index is 618. The van der Waals surface area contributed by atoms with E-state index in [1.165, 1.54) is 0 Å². The van der Waals surface area contributed by atoms with Gasteiger partial charge in [-0.3, -0.25) is 4.79 Å². The summed E-state index contributed by atoms with van der Waals surface area (Å²) in [6.07, 6.45) is 4.49. The quantitative estimate of drug-likeness (QED) is 0.795. The van der Waals surface area contributed by atoms with E-state index in [1.54, 1.807) is 0 Å². The molecule has 5 heteroatoms. The molecule has 1 N–H and O–H groups in total. The molecule has 7 atom stereocenters. The van der Waals surface area contributed by atoms with Gasteiger partial charge < -0.3 is 19.3 Å². The van der Waals surface area contributed by atoms with Gasteiger partial charge in [-0.05, 0) is 38.0 Å². The summed E-state index contributed by atoms with van der Waals surface area (Å²) in [4.78, 5) is 13.2. The monoisotopic (exact) mass is 380 g/mol. The molecule has 2 saturated heterocycles. The summed E-state index contributed by atoms with van der Waals surface area (Å²) >= 11 is 0. The van der Waals surface area contributed by atoms with Crippen molar-refractivity contribution < 1.29 is 24.1 Å². The molecule has 4 aliphatic rings. The van der Waals surface area contributed by atoms with Crippen molar-refractivity contribution in [1.29, 1.82) is 0 Å². The van der Waals surface area contributed by atoms with Crippen molar-refractivity contribution in [3.05, 3.63) is 0 Å². The lowest BCUT2D eigenvalue weighted by atomic mass is 9.43. The number of fused-ring (bicyclic) bond motifs is 2. The molecule has 2 aliphatic carbocycles. The third kappa shape index (κ3) is 2.61. The minimum Gasteiger partial charge on any atom is -0.385 e. The fourth-order valence-corrected chi connectivity index (χ4v) is 7.24. The third-order valence-corrected chi connectivity index (χ3v) is 8.46. The average molecular weight is 381 g/mol. The van der Waals surface area contributed by atoms with Crippen molar-refractivity contribution in [2.45, 2.75) is 96.7 Å². The number of rotatable bonds is 2. The van der Waals surface area contributed by atoms with Crippen molar-refractivity contribution in [1.82, 2.24) is 0 Å². The Morgan fingerprint density at radius 1 is 1.19 bits per heavy atom. The molecule has 0 amide bonds. The summed E-state index contributed by atoms with van der Waals surface area (Å²) in [5, 5.41) is 10.9. The fourth-order valence-electron chi connectivity index (χ4n) is 7.24. The Kier molecular flexibility index (Phi) is 4.59. The first-order valence-electron chi connectivity index (χ1n) is 10.8. The van der Waals surface area contributed by atoms with Gasteiger partial charge in [-0.2, -0.15) is 0 Å². The van der Waals surface area contributed by atoms with Gasteiger partial charge in [0, 0.05) is 30.3 Å². The van der Waals surface area contributed by atoms with Crippen molar-refractivity contribution in [3.63, 3.8) is 0 Å². The van der Waals surface area contributed by atoms with Crippen LogP contribution in [0.3, 0.4) is 0 Å². The molecule has 2 saturated carbocycles. The molecule has 154 valence electrons. The standard InChI is InChI=1S/C22H36O5/c1-6-25-15-12-21(13-26-15)10-11-22(27-21)14(2)16(23)17(24)18-19(3,4)8-7-9-20(18,22)5/h14-16,18,23H,6-13H2,1-5H3/t14-,15-,16-,18+,20+,21-,22-/m1/s1. The molecule has 2 heterocycles. The molecule has 0 radical (unpaired) electrons. The lowest BCUT2D eigenvalue weighted by Crippen LogP contribution is -2.69. The molecule has 0 aromatic rings. The number of Topliss-reactive ketones (excluding diaryl/α,β-unsaturated/α-hetero) is 1. The maximum Gasteiger partial charge on any atom is 0.165 e. The summed E-state index contributed by atoms with van der Waals surface area (Å²) in [6, 6.07) is 0. The molecule has 2 spiro atoms. The highest BCUT2D eigenvalue weighted by atomic mass is 16.7. The normalized spacial score (nSPS) is 51.9. The van der Waals surface area contributed by atoms with Gasteiger partial charge in [-0.15, -0.1) is 0 Å². The second-order valence-corrected chi connectivity index (χ2v) is 10.4. The average Bonchev–Trinajstić information content (AvgIpc) is 3.17. The predicted molar refractivity (Wildman–Crippen MR) is 101 cm³/mol. The second kappa shape index (κ2) is 6.25. The zero-order valence-electron chi connectivity index (χ0n) is 17.5. The number of ether oxygens (including phenoxy) is 3. The number of ketones is 1. The van der Waals surface area contributed by atoms with Gasteiger partial charge in [0.1, 0.15) is 6.10 Å². The van der Waals surface area contributed by atoms with Crippen molar-refractivity contribution in [3.8, 4) is 0 Å². The number of carbonyl (C=O) groups is 1. The highest BCUT2D eigenvalue weighted by Crippen LogP contribution is 2.67. The van der Waals surface area contributed by atoms with Crippen LogP contribution in [0.2, 0.25) is 0 Å². The van der Waals surface area contributed by atoms with Crippen molar-refractivity contribution in [2.24, 2.45) is 22.7 Å². The van der Waals surface area contributed by atoms with E-state index >= 15 is 0 Å². The predicted octanol–water partition coefficient (Wildman–Crippen LogP) is 3.47. The van der Waals surface area contributed by atoms with Crippen LogP contribution in [0.25, 0.3) is 0 Å². The highest BCUT2D eigenvalue weighted by molar-refractivity contribution is 5.88. The van der Waals surface area contributed by atoms with E-state index in [-0.39, 0.29) is 40.3 Å². The van der Waals surface area contributed by atoms with Crippen molar-refractivity contribution >= 4 is 5.78 Å². The van der Waals surface area contributed by atoms with Crippen LogP contribution in [-0.4, -0.2) is 47.7 Å². The highest BCUT2D eigenvalue weighted by Gasteiger charge is 2.72. The number of carbonyl (C=O) groups excluding carboxylic acids is 1. The summed E-state index contributed by atoms with van der Waals surface area (Å²) in [6.45, 7) is 11.8. The first-order chi connectivity index (χ1) is 12.6. The Morgan fingerprint density at radius 3 is 2.63 bits per heavy atom. The minimum atomic E-state index is -0.944. The van der Waals surface area contributed by atoms with Gasteiger partial charge in [0.2, 0.25) is 0 Å². The molecule has 2 aliphatic heterocycles. The zero-order chi connectivity index (χ0) is 19.7. The Balaban J connectivity index is 1.72. The molecule has 4 rings (SSSR count). The van der Waals surface area contributed by atoms with Crippen LogP contribution >= 0.6 is 0 Å². The minimum absolute atomic E-state index is 0.0275. The Morgan fingerprint density at radius 2 is 1.93 bits per heavy atom. The van der Waals surface area contributed by atoms with Gasteiger partial charge in [0.25, 0.3) is 0 Å². The van der Waals surface area contributed by atoms with Crippen LogP contribution in [0.5, 0.6) is 0 Å². The molecular formula is C22H36O5. The zero-order valence-corrected chi connectivity index (χ0v) is 17.5. The second-order valence-electron chi connectivity index (χ2n) is 10.4. The van der Waals surface area contributed by atoms with E-state index in [4.69, 9.17) is 14.2 Å². The van der Waals surface area contributed by atoms with E-state index in [2.05, 4.69) is 20.8 Å². The number of hydrogen-bond donors (Lipinski definition) is 1. The van der Waals surface area contributed by atoms with Crippen molar-refractivity contribution in [2.75, 3.05) is 13.2 Å². The molecule has 5 nitrogen and oxygen atoms in total. The van der Waals surface area contributed by atoms with Crippen LogP contribution in [-0.2, 0) is 19.0 Å². The number of aliphatic hydroxyl groups excluding tert-OH is 1.